The molecule has 0 radical (unpaired) electrons. The standard InChI is InChI=1S/C18H24N6O7/c1-22-15-14(16(27)21-18(22)28)23(17(20-15)19-7-2-8-25)9-12(26)10-31-13-5-3-11(4-6-13)24(29)30/h3-6,12,14-15,25-26H,2,7-10H2,1H3,(H,19,20)(H,21,27,28). The summed E-state index contributed by atoms with van der Waals surface area (Å²) in [5, 5.41) is 35.5. The van der Waals surface area contributed by atoms with Crippen molar-refractivity contribution >= 4 is 23.6 Å². The van der Waals surface area contributed by atoms with Gasteiger partial charge in [-0.15, -0.1) is 0 Å². The number of aliphatic hydroxyl groups excluding tert-OH is 2. The van der Waals surface area contributed by atoms with Gasteiger partial charge in [-0.1, -0.05) is 0 Å². The molecular weight excluding hydrogens is 412 g/mol. The summed E-state index contributed by atoms with van der Waals surface area (Å²) in [6, 6.07) is 4.09. The molecule has 2 aliphatic rings. The lowest BCUT2D eigenvalue weighted by atomic mass is 10.1. The summed E-state index contributed by atoms with van der Waals surface area (Å²) in [6.07, 6.45) is -1.27. The number of hydrogen-bond acceptors (Lipinski definition) is 8. The van der Waals surface area contributed by atoms with Crippen LogP contribution in [0.25, 0.3) is 0 Å². The van der Waals surface area contributed by atoms with Crippen LogP contribution in [0.15, 0.2) is 29.3 Å². The zero-order valence-electron chi connectivity index (χ0n) is 16.8. The number of likely N-dealkylation sites (N-methyl/N-ethyl adjacent to an activating group) is 1. The molecule has 3 atom stereocenters. The van der Waals surface area contributed by atoms with Crippen molar-refractivity contribution in [3.05, 3.63) is 34.4 Å². The molecule has 3 unspecified atom stereocenters. The van der Waals surface area contributed by atoms with Gasteiger partial charge >= 0.3 is 6.03 Å². The Morgan fingerprint density at radius 2 is 2.03 bits per heavy atom. The van der Waals surface area contributed by atoms with Crippen molar-refractivity contribution in [2.75, 3.05) is 33.4 Å². The molecule has 0 aliphatic carbocycles. The lowest BCUT2D eigenvalue weighted by Crippen LogP contribution is -2.65. The number of guanidine groups is 1. The molecule has 1 aromatic rings. The van der Waals surface area contributed by atoms with Crippen LogP contribution < -0.4 is 15.4 Å². The van der Waals surface area contributed by atoms with Crippen LogP contribution in [0, 0.1) is 10.1 Å². The van der Waals surface area contributed by atoms with Gasteiger partial charge in [0.25, 0.3) is 11.6 Å². The van der Waals surface area contributed by atoms with Crippen molar-refractivity contribution < 1.29 is 29.5 Å². The van der Waals surface area contributed by atoms with Crippen LogP contribution in [0.2, 0.25) is 0 Å². The summed E-state index contributed by atoms with van der Waals surface area (Å²) in [4.78, 5) is 41.8. The van der Waals surface area contributed by atoms with E-state index in [1.807, 2.05) is 0 Å². The second-order valence-electron chi connectivity index (χ2n) is 7.09. The Labute approximate surface area is 177 Å². The first-order chi connectivity index (χ1) is 14.8. The van der Waals surface area contributed by atoms with Crippen molar-refractivity contribution in [2.45, 2.75) is 24.7 Å². The number of nitrogens with one attached hydrogen (secondary N) is 2. The number of imide groups is 1. The highest BCUT2D eigenvalue weighted by molar-refractivity contribution is 6.04. The quantitative estimate of drug-likeness (QED) is 0.212. The van der Waals surface area contributed by atoms with Crippen LogP contribution in [0.3, 0.4) is 0 Å². The number of nitro groups is 1. The highest BCUT2D eigenvalue weighted by Crippen LogP contribution is 2.22. The first kappa shape index (κ1) is 22.2. The number of fused-ring (bicyclic) bond motifs is 1. The van der Waals surface area contributed by atoms with E-state index in [9.17, 15) is 24.8 Å². The predicted molar refractivity (Wildman–Crippen MR) is 107 cm³/mol. The minimum Gasteiger partial charge on any atom is -0.491 e. The van der Waals surface area contributed by atoms with E-state index in [1.165, 1.54) is 36.2 Å². The van der Waals surface area contributed by atoms with Gasteiger partial charge in [-0.25, -0.2) is 4.79 Å². The number of amides is 3. The van der Waals surface area contributed by atoms with Gasteiger partial charge in [0.05, 0.1) is 11.5 Å². The minimum absolute atomic E-state index is 0.0193. The van der Waals surface area contributed by atoms with E-state index in [1.54, 1.807) is 4.90 Å². The molecule has 13 heteroatoms. The summed E-state index contributed by atoms with van der Waals surface area (Å²) < 4.78 is 5.49. The number of benzene rings is 1. The summed E-state index contributed by atoms with van der Waals surface area (Å²) >= 11 is 0. The molecule has 0 spiro atoms. The van der Waals surface area contributed by atoms with Crippen LogP contribution in [-0.4, -0.2) is 94.5 Å². The molecule has 13 nitrogen and oxygen atoms in total. The Morgan fingerprint density at radius 1 is 1.32 bits per heavy atom. The van der Waals surface area contributed by atoms with Gasteiger partial charge in [0.2, 0.25) is 0 Å². The average Bonchev–Trinajstić information content (AvgIpc) is 3.10. The Hall–Kier alpha value is -3.45. The molecule has 0 saturated carbocycles. The van der Waals surface area contributed by atoms with Crippen molar-refractivity contribution in [1.82, 2.24) is 20.4 Å². The summed E-state index contributed by atoms with van der Waals surface area (Å²) in [6.45, 7) is 0.0955. The van der Waals surface area contributed by atoms with Gasteiger partial charge in [0, 0.05) is 32.3 Å². The molecule has 1 aromatic carbocycles. The lowest BCUT2D eigenvalue weighted by molar-refractivity contribution is -0.384. The van der Waals surface area contributed by atoms with Gasteiger partial charge in [-0.2, -0.15) is 0 Å². The molecule has 2 fully saturated rings. The molecule has 31 heavy (non-hydrogen) atoms. The van der Waals surface area contributed by atoms with Gasteiger partial charge < -0.3 is 30.1 Å². The molecule has 0 aromatic heterocycles. The molecule has 3 amide bonds. The highest BCUT2D eigenvalue weighted by atomic mass is 16.6. The van der Waals surface area contributed by atoms with Gasteiger partial charge in [-0.3, -0.25) is 25.2 Å². The minimum atomic E-state index is -1.03. The number of carbonyl (C=O) groups is 2. The fourth-order valence-electron chi connectivity index (χ4n) is 3.31. The Balaban J connectivity index is 1.68. The Kier molecular flexibility index (Phi) is 6.87. The van der Waals surface area contributed by atoms with Gasteiger partial charge in [-0.05, 0) is 18.6 Å². The predicted octanol–water partition coefficient (Wildman–Crippen LogP) is -1.15. The third-order valence-electron chi connectivity index (χ3n) is 4.90. The van der Waals surface area contributed by atoms with E-state index in [0.717, 1.165) is 0 Å². The first-order valence-corrected chi connectivity index (χ1v) is 9.63. The molecule has 3 rings (SSSR count). The fourth-order valence-corrected chi connectivity index (χ4v) is 3.31. The monoisotopic (exact) mass is 436 g/mol. The number of aliphatic hydroxyl groups is 2. The zero-order valence-corrected chi connectivity index (χ0v) is 16.8. The highest BCUT2D eigenvalue weighted by Gasteiger charge is 2.50. The summed E-state index contributed by atoms with van der Waals surface area (Å²) in [5.74, 6) is 0.158. The van der Waals surface area contributed by atoms with Gasteiger partial charge in [0.15, 0.2) is 12.0 Å². The van der Waals surface area contributed by atoms with E-state index in [-0.39, 0.29) is 25.4 Å². The Morgan fingerprint density at radius 3 is 2.68 bits per heavy atom. The number of hydrogen-bond donors (Lipinski definition) is 4. The number of aliphatic imine (C=N–C) groups is 1. The van der Waals surface area contributed by atoms with E-state index in [4.69, 9.17) is 9.84 Å². The number of rotatable bonds is 9. The molecular formula is C18H24N6O7. The average molecular weight is 436 g/mol. The van der Waals surface area contributed by atoms with Crippen LogP contribution in [0.4, 0.5) is 10.5 Å². The fraction of sp³-hybridized carbons (Fsp3) is 0.500. The number of β-amino-alcohol motifs (C(OH)–C–C–N with tert-alkyl or cyclic N) is 1. The molecule has 4 N–H and O–H groups in total. The maximum Gasteiger partial charge on any atom is 0.325 e. The van der Waals surface area contributed by atoms with Crippen molar-refractivity contribution in [3.63, 3.8) is 0 Å². The maximum atomic E-state index is 12.5. The van der Waals surface area contributed by atoms with Crippen LogP contribution in [0.1, 0.15) is 6.42 Å². The van der Waals surface area contributed by atoms with E-state index in [0.29, 0.717) is 24.7 Å². The SMILES string of the molecule is CN1C(=O)NC(=O)C2C1NC(=NCCCO)N2CC(O)COc1ccc([N+](=O)[O-])cc1. The van der Waals surface area contributed by atoms with Crippen molar-refractivity contribution in [2.24, 2.45) is 4.99 Å². The van der Waals surface area contributed by atoms with Crippen LogP contribution in [0.5, 0.6) is 5.75 Å². The largest absolute Gasteiger partial charge is 0.491 e. The Bertz CT molecular complexity index is 861. The normalized spacial score (nSPS) is 22.7. The maximum absolute atomic E-state index is 12.5. The second-order valence-corrected chi connectivity index (χ2v) is 7.09. The number of urea groups is 1. The number of ether oxygens (including phenoxy) is 1. The summed E-state index contributed by atoms with van der Waals surface area (Å²) in [7, 11) is 1.54. The summed E-state index contributed by atoms with van der Waals surface area (Å²) in [5.41, 5.74) is -0.0761. The zero-order chi connectivity index (χ0) is 22.5. The molecule has 0 bridgehead atoms. The molecule has 168 valence electrons. The molecule has 2 aliphatic heterocycles. The molecule has 2 saturated heterocycles. The number of nitro benzene ring substituents is 1. The number of nitrogens with zero attached hydrogens (tertiary/aromatic N) is 4. The smallest absolute Gasteiger partial charge is 0.325 e. The second kappa shape index (κ2) is 9.57. The van der Waals surface area contributed by atoms with Gasteiger partial charge in [0.1, 0.15) is 24.6 Å². The third-order valence-corrected chi connectivity index (χ3v) is 4.90. The number of non-ortho nitro benzene ring substituents is 1. The third kappa shape index (κ3) is 5.00. The number of carbonyl (C=O) groups excluding carboxylic acids is 2. The lowest BCUT2D eigenvalue weighted by Gasteiger charge is -2.35. The van der Waals surface area contributed by atoms with E-state index >= 15 is 0 Å². The van der Waals surface area contributed by atoms with E-state index in [2.05, 4.69) is 15.6 Å². The first-order valence-electron chi connectivity index (χ1n) is 9.63. The van der Waals surface area contributed by atoms with Crippen LogP contribution >= 0.6 is 0 Å². The van der Waals surface area contributed by atoms with Crippen molar-refractivity contribution in [1.29, 1.82) is 0 Å². The molecule has 2 heterocycles. The van der Waals surface area contributed by atoms with Crippen molar-refractivity contribution in [3.8, 4) is 5.75 Å². The van der Waals surface area contributed by atoms with Crippen LogP contribution in [-0.2, 0) is 4.79 Å². The topological polar surface area (TPSA) is 170 Å². The van der Waals surface area contributed by atoms with E-state index < -0.39 is 35.2 Å².